The van der Waals surface area contributed by atoms with Crippen LogP contribution in [0.15, 0.2) is 90.0 Å². The van der Waals surface area contributed by atoms with Gasteiger partial charge in [0.1, 0.15) is 24.7 Å². The molecule has 0 saturated carbocycles. The SMILES string of the molecule is O=C(N/N=C\c1ccc(OCc2ccc(Cl)cc2Cl)cc1)c1ccc(OCc2ccc(Cl)cc2Cl)cc1. The van der Waals surface area contributed by atoms with Crippen LogP contribution in [0.1, 0.15) is 27.0 Å². The molecule has 0 spiro atoms. The number of amides is 1. The Balaban J connectivity index is 1.24. The second-order valence-corrected chi connectivity index (χ2v) is 9.53. The Morgan fingerprint density at radius 3 is 1.68 bits per heavy atom. The zero-order chi connectivity index (χ0) is 26.2. The van der Waals surface area contributed by atoms with E-state index in [-0.39, 0.29) is 12.5 Å². The Hall–Kier alpha value is -3.22. The van der Waals surface area contributed by atoms with E-state index in [1.54, 1.807) is 54.7 Å². The molecule has 0 aliphatic heterocycles. The molecule has 0 saturated heterocycles. The third-order valence-electron chi connectivity index (χ3n) is 5.20. The highest BCUT2D eigenvalue weighted by Gasteiger charge is 2.07. The molecule has 0 aliphatic carbocycles. The minimum Gasteiger partial charge on any atom is -0.489 e. The molecule has 0 radical (unpaired) electrons. The lowest BCUT2D eigenvalue weighted by Crippen LogP contribution is -2.17. The molecule has 0 aromatic heterocycles. The fraction of sp³-hybridized carbons (Fsp3) is 0.0714. The fourth-order valence-corrected chi connectivity index (χ4v) is 4.11. The van der Waals surface area contributed by atoms with Gasteiger partial charge in [-0.3, -0.25) is 4.79 Å². The van der Waals surface area contributed by atoms with E-state index in [1.807, 2.05) is 36.4 Å². The summed E-state index contributed by atoms with van der Waals surface area (Å²) in [5.41, 5.74) is 5.40. The molecule has 9 heteroatoms. The predicted octanol–water partition coefficient (Wildman–Crippen LogP) is 8.22. The molecule has 0 unspecified atom stereocenters. The number of carbonyl (C=O) groups excluding carboxylic acids is 1. The van der Waals surface area contributed by atoms with Crippen molar-refractivity contribution in [2.75, 3.05) is 0 Å². The highest BCUT2D eigenvalue weighted by molar-refractivity contribution is 6.35. The summed E-state index contributed by atoms with van der Waals surface area (Å²) < 4.78 is 11.5. The summed E-state index contributed by atoms with van der Waals surface area (Å²) in [6, 6.07) is 24.5. The van der Waals surface area contributed by atoms with E-state index < -0.39 is 0 Å². The molecule has 4 aromatic carbocycles. The van der Waals surface area contributed by atoms with Crippen LogP contribution in [0.2, 0.25) is 20.1 Å². The average molecular weight is 574 g/mol. The number of benzene rings is 4. The maximum atomic E-state index is 12.4. The molecule has 0 fully saturated rings. The number of ether oxygens (including phenoxy) is 2. The summed E-state index contributed by atoms with van der Waals surface area (Å²) in [6.07, 6.45) is 1.55. The van der Waals surface area contributed by atoms with Crippen molar-refractivity contribution in [2.24, 2.45) is 5.10 Å². The molecule has 0 atom stereocenters. The lowest BCUT2D eigenvalue weighted by atomic mass is 10.2. The number of hydrazone groups is 1. The van der Waals surface area contributed by atoms with Crippen molar-refractivity contribution in [3.8, 4) is 11.5 Å². The van der Waals surface area contributed by atoms with E-state index in [0.29, 0.717) is 43.8 Å². The number of hydrogen-bond donors (Lipinski definition) is 1. The van der Waals surface area contributed by atoms with Crippen LogP contribution in [-0.2, 0) is 13.2 Å². The van der Waals surface area contributed by atoms with E-state index in [4.69, 9.17) is 55.9 Å². The summed E-state index contributed by atoms with van der Waals surface area (Å²) in [6.45, 7) is 0.600. The summed E-state index contributed by atoms with van der Waals surface area (Å²) >= 11 is 24.2. The van der Waals surface area contributed by atoms with Crippen molar-refractivity contribution in [3.63, 3.8) is 0 Å². The normalized spacial score (nSPS) is 10.9. The number of nitrogens with zero attached hydrogens (tertiary/aromatic N) is 1. The van der Waals surface area contributed by atoms with Crippen molar-refractivity contribution < 1.29 is 14.3 Å². The highest BCUT2D eigenvalue weighted by atomic mass is 35.5. The lowest BCUT2D eigenvalue weighted by molar-refractivity contribution is 0.0955. The van der Waals surface area contributed by atoms with Crippen LogP contribution in [0.4, 0.5) is 0 Å². The Morgan fingerprint density at radius 1 is 0.703 bits per heavy atom. The molecule has 0 bridgehead atoms. The summed E-state index contributed by atoms with van der Waals surface area (Å²) in [5, 5.41) is 6.25. The number of hydrogen-bond acceptors (Lipinski definition) is 4. The van der Waals surface area contributed by atoms with E-state index in [0.717, 1.165) is 16.7 Å². The lowest BCUT2D eigenvalue weighted by Gasteiger charge is -2.09. The number of carbonyl (C=O) groups is 1. The smallest absolute Gasteiger partial charge is 0.271 e. The quantitative estimate of drug-likeness (QED) is 0.162. The molecular weight excluding hydrogens is 554 g/mol. The maximum absolute atomic E-state index is 12.4. The van der Waals surface area contributed by atoms with E-state index in [1.165, 1.54) is 0 Å². The van der Waals surface area contributed by atoms with Gasteiger partial charge >= 0.3 is 0 Å². The molecule has 0 aliphatic rings. The van der Waals surface area contributed by atoms with Crippen LogP contribution >= 0.6 is 46.4 Å². The average Bonchev–Trinajstić information content (AvgIpc) is 2.89. The molecule has 4 rings (SSSR count). The fourth-order valence-electron chi connectivity index (χ4n) is 3.18. The molecule has 5 nitrogen and oxygen atoms in total. The molecule has 188 valence electrons. The zero-order valence-electron chi connectivity index (χ0n) is 19.3. The molecule has 0 heterocycles. The Kier molecular flexibility index (Phi) is 9.31. The van der Waals surface area contributed by atoms with Gasteiger partial charge in [-0.25, -0.2) is 5.43 Å². The van der Waals surface area contributed by atoms with Gasteiger partial charge in [0.2, 0.25) is 0 Å². The van der Waals surface area contributed by atoms with Gasteiger partial charge in [0.05, 0.1) is 6.21 Å². The first kappa shape index (κ1) is 26.8. The Bertz CT molecular complexity index is 1410. The van der Waals surface area contributed by atoms with Gasteiger partial charge in [-0.1, -0.05) is 58.5 Å². The number of halogens is 4. The van der Waals surface area contributed by atoms with Gasteiger partial charge in [0.25, 0.3) is 5.91 Å². The molecule has 37 heavy (non-hydrogen) atoms. The first-order chi connectivity index (χ1) is 17.9. The van der Waals surface area contributed by atoms with Crippen LogP contribution in [0.3, 0.4) is 0 Å². The Morgan fingerprint density at radius 2 is 1.19 bits per heavy atom. The molecular formula is C28H20Cl4N2O3. The summed E-state index contributed by atoms with van der Waals surface area (Å²) in [7, 11) is 0. The minimum atomic E-state index is -0.344. The van der Waals surface area contributed by atoms with E-state index in [9.17, 15) is 4.79 Å². The van der Waals surface area contributed by atoms with Crippen molar-refractivity contribution in [3.05, 3.63) is 127 Å². The van der Waals surface area contributed by atoms with Gasteiger partial charge in [-0.2, -0.15) is 5.10 Å². The number of nitrogens with one attached hydrogen (secondary N) is 1. The van der Waals surface area contributed by atoms with Gasteiger partial charge < -0.3 is 9.47 Å². The van der Waals surface area contributed by atoms with Crippen molar-refractivity contribution in [1.29, 1.82) is 0 Å². The highest BCUT2D eigenvalue weighted by Crippen LogP contribution is 2.24. The third kappa shape index (κ3) is 7.88. The first-order valence-electron chi connectivity index (χ1n) is 11.0. The van der Waals surface area contributed by atoms with Gasteiger partial charge in [0, 0.05) is 36.8 Å². The van der Waals surface area contributed by atoms with Crippen molar-refractivity contribution in [2.45, 2.75) is 13.2 Å². The number of rotatable bonds is 9. The second-order valence-electron chi connectivity index (χ2n) is 7.84. The minimum absolute atomic E-state index is 0.282. The van der Waals surface area contributed by atoms with Crippen molar-refractivity contribution >= 4 is 58.5 Å². The summed E-state index contributed by atoms with van der Waals surface area (Å²) in [4.78, 5) is 12.4. The second kappa shape index (κ2) is 12.8. The summed E-state index contributed by atoms with van der Waals surface area (Å²) in [5.74, 6) is 0.933. The zero-order valence-corrected chi connectivity index (χ0v) is 22.3. The topological polar surface area (TPSA) is 59.9 Å². The van der Waals surface area contributed by atoms with Gasteiger partial charge in [0.15, 0.2) is 0 Å². The molecule has 4 aromatic rings. The van der Waals surface area contributed by atoms with Crippen LogP contribution in [0.5, 0.6) is 11.5 Å². The van der Waals surface area contributed by atoms with Crippen molar-refractivity contribution in [1.82, 2.24) is 5.43 Å². The van der Waals surface area contributed by atoms with E-state index in [2.05, 4.69) is 10.5 Å². The van der Waals surface area contributed by atoms with Crippen LogP contribution in [0, 0.1) is 0 Å². The van der Waals surface area contributed by atoms with Crippen LogP contribution in [0.25, 0.3) is 0 Å². The van der Waals surface area contributed by atoms with Crippen LogP contribution < -0.4 is 14.9 Å². The predicted molar refractivity (Wildman–Crippen MR) is 150 cm³/mol. The molecule has 1 N–H and O–H groups in total. The Labute approximate surface area is 234 Å². The monoisotopic (exact) mass is 572 g/mol. The van der Waals surface area contributed by atoms with Gasteiger partial charge in [-0.15, -0.1) is 0 Å². The third-order valence-corrected chi connectivity index (χ3v) is 6.37. The van der Waals surface area contributed by atoms with Crippen LogP contribution in [-0.4, -0.2) is 12.1 Å². The largest absolute Gasteiger partial charge is 0.489 e. The first-order valence-corrected chi connectivity index (χ1v) is 12.6. The maximum Gasteiger partial charge on any atom is 0.271 e. The van der Waals surface area contributed by atoms with E-state index >= 15 is 0 Å². The standard InChI is InChI=1S/C28H20Cl4N2O3/c29-22-7-3-20(26(31)13-22)16-36-24-9-1-18(2-10-24)15-33-34-28(35)19-5-11-25(12-6-19)37-17-21-4-8-23(30)14-27(21)32/h1-15H,16-17H2,(H,34,35)/b33-15-. The van der Waals surface area contributed by atoms with Gasteiger partial charge in [-0.05, 0) is 78.4 Å². The molecule has 1 amide bonds.